The number of esters is 1. The average molecular weight is 334 g/mol. The quantitative estimate of drug-likeness (QED) is 0.357. The summed E-state index contributed by atoms with van der Waals surface area (Å²) in [6.45, 7) is -0.129. The number of hydrogen-bond donors (Lipinski definition) is 0. The Labute approximate surface area is 107 Å². The number of ether oxygens (including phenoxy) is 2. The summed E-state index contributed by atoms with van der Waals surface area (Å²) in [5.74, 6) is 0.169. The zero-order valence-electron chi connectivity index (χ0n) is 8.73. The standard InChI is InChI=1S/C11H11IO4/c1-15-11(14)7-16-9-4-2-8(3-5-9)10(13)6-12/h2-5H,6-7H2,1H3. The van der Waals surface area contributed by atoms with Gasteiger partial charge in [-0.3, -0.25) is 4.79 Å². The van der Waals surface area contributed by atoms with E-state index in [0.29, 0.717) is 15.7 Å². The van der Waals surface area contributed by atoms with E-state index in [4.69, 9.17) is 4.74 Å². The van der Waals surface area contributed by atoms with Crippen molar-refractivity contribution in [3.63, 3.8) is 0 Å². The molecule has 0 unspecified atom stereocenters. The minimum absolute atomic E-state index is 0.0696. The van der Waals surface area contributed by atoms with E-state index in [2.05, 4.69) is 4.74 Å². The van der Waals surface area contributed by atoms with Crippen LogP contribution in [0.5, 0.6) is 5.75 Å². The fourth-order valence-electron chi connectivity index (χ4n) is 1.02. The summed E-state index contributed by atoms with van der Waals surface area (Å²) >= 11 is 2.01. The Balaban J connectivity index is 2.58. The van der Waals surface area contributed by atoms with Gasteiger partial charge in [-0.05, 0) is 24.3 Å². The van der Waals surface area contributed by atoms with Crippen LogP contribution in [0.25, 0.3) is 0 Å². The minimum atomic E-state index is -0.438. The van der Waals surface area contributed by atoms with E-state index in [9.17, 15) is 9.59 Å². The van der Waals surface area contributed by atoms with Crippen molar-refractivity contribution >= 4 is 34.3 Å². The largest absolute Gasteiger partial charge is 0.482 e. The number of methoxy groups -OCH3 is 1. The van der Waals surface area contributed by atoms with E-state index in [0.717, 1.165) is 0 Å². The van der Waals surface area contributed by atoms with Crippen LogP contribution in [0.4, 0.5) is 0 Å². The molecule has 0 saturated heterocycles. The van der Waals surface area contributed by atoms with Crippen LogP contribution in [0.15, 0.2) is 24.3 Å². The van der Waals surface area contributed by atoms with E-state index in [-0.39, 0.29) is 12.4 Å². The second kappa shape index (κ2) is 6.47. The van der Waals surface area contributed by atoms with Crippen molar-refractivity contribution in [2.24, 2.45) is 0 Å². The first-order valence-electron chi connectivity index (χ1n) is 4.56. The summed E-state index contributed by atoms with van der Waals surface area (Å²) in [5.41, 5.74) is 0.639. The number of carbonyl (C=O) groups excluding carboxylic acids is 2. The maximum Gasteiger partial charge on any atom is 0.343 e. The molecule has 4 nitrogen and oxygen atoms in total. The highest BCUT2D eigenvalue weighted by atomic mass is 127. The molecule has 0 fully saturated rings. The summed E-state index contributed by atoms with van der Waals surface area (Å²) in [7, 11) is 1.30. The van der Waals surface area contributed by atoms with Crippen molar-refractivity contribution in [1.29, 1.82) is 0 Å². The minimum Gasteiger partial charge on any atom is -0.482 e. The molecule has 16 heavy (non-hydrogen) atoms. The highest BCUT2D eigenvalue weighted by Gasteiger charge is 2.05. The van der Waals surface area contributed by atoms with E-state index in [1.165, 1.54) is 7.11 Å². The van der Waals surface area contributed by atoms with Gasteiger partial charge in [0.1, 0.15) is 5.75 Å². The van der Waals surface area contributed by atoms with Crippen LogP contribution in [0, 0.1) is 0 Å². The van der Waals surface area contributed by atoms with E-state index in [1.54, 1.807) is 24.3 Å². The zero-order valence-corrected chi connectivity index (χ0v) is 10.9. The third kappa shape index (κ3) is 3.80. The predicted molar refractivity (Wildman–Crippen MR) is 67.2 cm³/mol. The number of Topliss-reactive ketones (excluding diaryl/α,β-unsaturated/α-hetero) is 1. The van der Waals surface area contributed by atoms with E-state index >= 15 is 0 Å². The summed E-state index contributed by atoms with van der Waals surface area (Å²) < 4.78 is 10.0. The first-order chi connectivity index (χ1) is 7.67. The first kappa shape index (κ1) is 13.0. The van der Waals surface area contributed by atoms with Gasteiger partial charge in [0.2, 0.25) is 0 Å². The van der Waals surface area contributed by atoms with Gasteiger partial charge in [0.05, 0.1) is 11.5 Å². The second-order valence-corrected chi connectivity index (χ2v) is 3.71. The monoisotopic (exact) mass is 334 g/mol. The highest BCUT2D eigenvalue weighted by Crippen LogP contribution is 2.13. The molecule has 0 heterocycles. The summed E-state index contributed by atoms with van der Waals surface area (Å²) in [4.78, 5) is 22.1. The Bertz CT molecular complexity index is 372. The van der Waals surface area contributed by atoms with Crippen molar-refractivity contribution in [1.82, 2.24) is 0 Å². The van der Waals surface area contributed by atoms with Crippen molar-refractivity contribution in [2.75, 3.05) is 18.1 Å². The summed E-state index contributed by atoms with van der Waals surface area (Å²) in [6.07, 6.45) is 0. The molecular weight excluding hydrogens is 323 g/mol. The maximum atomic E-state index is 11.3. The van der Waals surface area contributed by atoms with Crippen molar-refractivity contribution in [3.8, 4) is 5.75 Å². The topological polar surface area (TPSA) is 52.6 Å². The van der Waals surface area contributed by atoms with Crippen molar-refractivity contribution in [3.05, 3.63) is 29.8 Å². The van der Waals surface area contributed by atoms with Gasteiger partial charge in [-0.15, -0.1) is 0 Å². The van der Waals surface area contributed by atoms with Crippen LogP contribution in [0.2, 0.25) is 0 Å². The van der Waals surface area contributed by atoms with Crippen molar-refractivity contribution < 1.29 is 19.1 Å². The van der Waals surface area contributed by atoms with Gasteiger partial charge in [0.25, 0.3) is 0 Å². The van der Waals surface area contributed by atoms with E-state index < -0.39 is 5.97 Å². The predicted octanol–water partition coefficient (Wildman–Crippen LogP) is 1.86. The SMILES string of the molecule is COC(=O)COc1ccc(C(=O)CI)cc1. The molecule has 0 aromatic heterocycles. The molecule has 0 spiro atoms. The molecule has 0 saturated carbocycles. The number of ketones is 1. The van der Waals surface area contributed by atoms with Gasteiger partial charge in [-0.2, -0.15) is 0 Å². The Kier molecular flexibility index (Phi) is 5.24. The molecule has 1 aromatic carbocycles. The fraction of sp³-hybridized carbons (Fsp3) is 0.273. The molecule has 5 heteroatoms. The Morgan fingerprint density at radius 3 is 2.38 bits per heavy atom. The molecule has 86 valence electrons. The molecule has 0 radical (unpaired) electrons. The smallest absolute Gasteiger partial charge is 0.343 e. The number of hydrogen-bond acceptors (Lipinski definition) is 4. The number of benzene rings is 1. The molecule has 0 bridgehead atoms. The molecule has 0 aliphatic heterocycles. The van der Waals surface area contributed by atoms with E-state index in [1.807, 2.05) is 22.6 Å². The number of halogens is 1. The zero-order chi connectivity index (χ0) is 12.0. The number of carbonyl (C=O) groups is 2. The lowest BCUT2D eigenvalue weighted by Crippen LogP contribution is -2.12. The summed E-state index contributed by atoms with van der Waals surface area (Å²) in [5, 5.41) is 0. The van der Waals surface area contributed by atoms with Crippen molar-refractivity contribution in [2.45, 2.75) is 0 Å². The maximum absolute atomic E-state index is 11.3. The van der Waals surface area contributed by atoms with Gasteiger partial charge < -0.3 is 9.47 Å². The third-order valence-electron chi connectivity index (χ3n) is 1.88. The lowest BCUT2D eigenvalue weighted by atomic mass is 10.1. The molecule has 0 aliphatic rings. The van der Waals surface area contributed by atoms with Crippen LogP contribution in [-0.4, -0.2) is 29.9 Å². The Hall–Kier alpha value is -1.11. The van der Waals surface area contributed by atoms with Crippen LogP contribution >= 0.6 is 22.6 Å². The second-order valence-electron chi connectivity index (χ2n) is 2.95. The number of alkyl halides is 1. The summed E-state index contributed by atoms with van der Waals surface area (Å²) in [6, 6.07) is 6.66. The first-order valence-corrected chi connectivity index (χ1v) is 6.08. The molecule has 0 atom stereocenters. The fourth-order valence-corrected chi connectivity index (χ4v) is 1.46. The van der Waals surface area contributed by atoms with Crippen LogP contribution in [-0.2, 0) is 9.53 Å². The lowest BCUT2D eigenvalue weighted by Gasteiger charge is -2.05. The molecule has 1 rings (SSSR count). The molecule has 1 aromatic rings. The normalized spacial score (nSPS) is 9.62. The molecular formula is C11H11IO4. The van der Waals surface area contributed by atoms with Gasteiger partial charge in [0.15, 0.2) is 12.4 Å². The Morgan fingerprint density at radius 2 is 1.88 bits per heavy atom. The number of rotatable bonds is 5. The third-order valence-corrected chi connectivity index (χ3v) is 2.57. The Morgan fingerprint density at radius 1 is 1.25 bits per heavy atom. The van der Waals surface area contributed by atoms with Crippen LogP contribution < -0.4 is 4.74 Å². The van der Waals surface area contributed by atoms with Gasteiger partial charge >= 0.3 is 5.97 Å². The highest BCUT2D eigenvalue weighted by molar-refractivity contribution is 14.1. The van der Waals surface area contributed by atoms with Gasteiger partial charge in [-0.25, -0.2) is 4.79 Å². The average Bonchev–Trinajstić information content (AvgIpc) is 2.35. The van der Waals surface area contributed by atoms with Gasteiger partial charge in [0, 0.05) is 5.56 Å². The molecule has 0 aliphatic carbocycles. The van der Waals surface area contributed by atoms with Crippen LogP contribution in [0.1, 0.15) is 10.4 Å². The molecule has 0 amide bonds. The molecule has 0 N–H and O–H groups in total. The van der Waals surface area contributed by atoms with Gasteiger partial charge in [-0.1, -0.05) is 22.6 Å². The van der Waals surface area contributed by atoms with Crippen LogP contribution in [0.3, 0.4) is 0 Å². The lowest BCUT2D eigenvalue weighted by molar-refractivity contribution is -0.142.